The summed E-state index contributed by atoms with van der Waals surface area (Å²) in [6.07, 6.45) is 1.62. The Morgan fingerprint density at radius 1 is 1.48 bits per heavy atom. The third-order valence-electron chi connectivity index (χ3n) is 3.79. The number of furan rings is 1. The molecule has 6 nitrogen and oxygen atoms in total. The van der Waals surface area contributed by atoms with Crippen molar-refractivity contribution in [2.45, 2.75) is 40.8 Å². The SMILES string of the molecule is CCN(Cc1ccco1)C(=O)NC[C@@H](C)Cn1nc(C)cc1C. The monoisotopic (exact) mass is 318 g/mol. The summed E-state index contributed by atoms with van der Waals surface area (Å²) in [7, 11) is 0. The highest BCUT2D eigenvalue weighted by molar-refractivity contribution is 5.74. The lowest BCUT2D eigenvalue weighted by Crippen LogP contribution is -2.41. The first-order valence-corrected chi connectivity index (χ1v) is 8.05. The van der Waals surface area contributed by atoms with Gasteiger partial charge in [-0.1, -0.05) is 6.92 Å². The summed E-state index contributed by atoms with van der Waals surface area (Å²) in [4.78, 5) is 14.0. The van der Waals surface area contributed by atoms with Crippen molar-refractivity contribution in [3.05, 3.63) is 41.6 Å². The molecule has 0 aliphatic rings. The second-order valence-corrected chi connectivity index (χ2v) is 5.99. The molecular formula is C17H26N4O2. The molecule has 1 atom stereocenters. The van der Waals surface area contributed by atoms with Crippen molar-refractivity contribution in [1.82, 2.24) is 20.0 Å². The Morgan fingerprint density at radius 3 is 2.83 bits per heavy atom. The van der Waals surface area contributed by atoms with Gasteiger partial charge < -0.3 is 14.6 Å². The van der Waals surface area contributed by atoms with E-state index in [0.717, 1.165) is 23.7 Å². The van der Waals surface area contributed by atoms with Crippen molar-refractivity contribution in [3.8, 4) is 0 Å². The molecule has 0 aliphatic heterocycles. The summed E-state index contributed by atoms with van der Waals surface area (Å²) >= 11 is 0. The van der Waals surface area contributed by atoms with Crippen LogP contribution in [0.25, 0.3) is 0 Å². The molecule has 0 saturated carbocycles. The van der Waals surface area contributed by atoms with E-state index in [0.29, 0.717) is 25.6 Å². The van der Waals surface area contributed by atoms with Crippen LogP contribution in [0.1, 0.15) is 31.0 Å². The Morgan fingerprint density at radius 2 is 2.26 bits per heavy atom. The Labute approximate surface area is 137 Å². The van der Waals surface area contributed by atoms with E-state index in [1.54, 1.807) is 11.2 Å². The molecular weight excluding hydrogens is 292 g/mol. The largest absolute Gasteiger partial charge is 0.467 e. The van der Waals surface area contributed by atoms with E-state index < -0.39 is 0 Å². The maximum Gasteiger partial charge on any atom is 0.317 e. The Kier molecular flexibility index (Phi) is 5.84. The standard InChI is InChI=1S/C17H26N4O2/c1-5-20(12-16-7-6-8-23-16)17(22)18-10-13(2)11-21-15(4)9-14(3)19-21/h6-9,13H,5,10-12H2,1-4H3,(H,18,22)/t13-/m1/s1. The lowest BCUT2D eigenvalue weighted by Gasteiger charge is -2.22. The maximum absolute atomic E-state index is 12.3. The van der Waals surface area contributed by atoms with E-state index in [4.69, 9.17) is 4.42 Å². The fraction of sp³-hybridized carbons (Fsp3) is 0.529. The molecule has 1 N–H and O–H groups in total. The number of amides is 2. The first-order chi connectivity index (χ1) is 11.0. The molecule has 0 saturated heterocycles. The molecule has 2 heterocycles. The van der Waals surface area contributed by atoms with Crippen LogP contribution in [0.15, 0.2) is 28.9 Å². The second kappa shape index (κ2) is 7.85. The van der Waals surface area contributed by atoms with Crippen molar-refractivity contribution in [2.24, 2.45) is 5.92 Å². The Bertz CT molecular complexity index is 619. The third-order valence-corrected chi connectivity index (χ3v) is 3.79. The van der Waals surface area contributed by atoms with Gasteiger partial charge >= 0.3 is 6.03 Å². The van der Waals surface area contributed by atoms with Crippen LogP contribution in [0, 0.1) is 19.8 Å². The quantitative estimate of drug-likeness (QED) is 0.853. The van der Waals surface area contributed by atoms with Gasteiger partial charge in [-0.15, -0.1) is 0 Å². The zero-order valence-corrected chi connectivity index (χ0v) is 14.4. The maximum atomic E-state index is 12.3. The summed E-state index contributed by atoms with van der Waals surface area (Å²) in [6, 6.07) is 5.70. The van der Waals surface area contributed by atoms with Crippen molar-refractivity contribution in [2.75, 3.05) is 13.1 Å². The van der Waals surface area contributed by atoms with E-state index in [-0.39, 0.29) is 6.03 Å². The zero-order valence-electron chi connectivity index (χ0n) is 14.4. The van der Waals surface area contributed by atoms with Crippen molar-refractivity contribution in [1.29, 1.82) is 0 Å². The van der Waals surface area contributed by atoms with Gasteiger partial charge in [0.05, 0.1) is 18.5 Å². The van der Waals surface area contributed by atoms with Gasteiger partial charge in [0.15, 0.2) is 0 Å². The van der Waals surface area contributed by atoms with Crippen LogP contribution < -0.4 is 5.32 Å². The summed E-state index contributed by atoms with van der Waals surface area (Å²) < 4.78 is 7.30. The number of carbonyl (C=O) groups is 1. The average molecular weight is 318 g/mol. The molecule has 23 heavy (non-hydrogen) atoms. The van der Waals surface area contributed by atoms with E-state index in [9.17, 15) is 4.79 Å². The number of aryl methyl sites for hydroxylation is 2. The zero-order chi connectivity index (χ0) is 16.8. The van der Waals surface area contributed by atoms with Gasteiger partial charge in [-0.25, -0.2) is 4.79 Å². The fourth-order valence-electron chi connectivity index (χ4n) is 2.51. The minimum atomic E-state index is -0.0656. The lowest BCUT2D eigenvalue weighted by atomic mass is 10.2. The van der Waals surface area contributed by atoms with Gasteiger partial charge in [-0.05, 0) is 44.9 Å². The first kappa shape index (κ1) is 17.1. The van der Waals surface area contributed by atoms with E-state index in [1.807, 2.05) is 37.6 Å². The summed E-state index contributed by atoms with van der Waals surface area (Å²) in [5.74, 6) is 1.09. The molecule has 0 aliphatic carbocycles. The van der Waals surface area contributed by atoms with Crippen LogP contribution in [-0.4, -0.2) is 33.8 Å². The minimum Gasteiger partial charge on any atom is -0.467 e. The van der Waals surface area contributed by atoms with Crippen molar-refractivity contribution >= 4 is 6.03 Å². The predicted octanol–water partition coefficient (Wildman–Crippen LogP) is 2.96. The molecule has 0 fully saturated rings. The lowest BCUT2D eigenvalue weighted by molar-refractivity contribution is 0.191. The molecule has 0 aromatic carbocycles. The third kappa shape index (κ3) is 4.87. The second-order valence-electron chi connectivity index (χ2n) is 5.99. The van der Waals surface area contributed by atoms with Crippen LogP contribution in [0.3, 0.4) is 0 Å². The molecule has 2 aromatic heterocycles. The number of carbonyl (C=O) groups excluding carboxylic acids is 1. The number of nitrogens with one attached hydrogen (secondary N) is 1. The average Bonchev–Trinajstić information content (AvgIpc) is 3.12. The number of hydrogen-bond donors (Lipinski definition) is 1. The summed E-state index contributed by atoms with van der Waals surface area (Å²) in [6.45, 7) is 10.6. The number of hydrogen-bond acceptors (Lipinski definition) is 3. The first-order valence-electron chi connectivity index (χ1n) is 8.05. The van der Waals surface area contributed by atoms with E-state index in [2.05, 4.69) is 23.4 Å². The molecule has 2 rings (SSSR count). The molecule has 0 unspecified atom stereocenters. The molecule has 0 radical (unpaired) electrons. The number of nitrogens with zero attached hydrogens (tertiary/aromatic N) is 3. The van der Waals surface area contributed by atoms with Gasteiger partial charge in [0.25, 0.3) is 0 Å². The van der Waals surface area contributed by atoms with Crippen LogP contribution in [-0.2, 0) is 13.1 Å². The predicted molar refractivity (Wildman–Crippen MR) is 89.1 cm³/mol. The molecule has 0 spiro atoms. The summed E-state index contributed by atoms with van der Waals surface area (Å²) in [5.41, 5.74) is 2.17. The van der Waals surface area contributed by atoms with Crippen molar-refractivity contribution < 1.29 is 9.21 Å². The van der Waals surface area contributed by atoms with Crippen LogP contribution >= 0.6 is 0 Å². The molecule has 0 bridgehead atoms. The molecule has 2 aromatic rings. The Balaban J connectivity index is 1.81. The highest BCUT2D eigenvalue weighted by atomic mass is 16.3. The van der Waals surface area contributed by atoms with E-state index >= 15 is 0 Å². The van der Waals surface area contributed by atoms with Gasteiger partial charge in [0, 0.05) is 25.3 Å². The number of urea groups is 1. The van der Waals surface area contributed by atoms with Crippen LogP contribution in [0.4, 0.5) is 4.79 Å². The highest BCUT2D eigenvalue weighted by Crippen LogP contribution is 2.07. The van der Waals surface area contributed by atoms with Gasteiger partial charge in [0.1, 0.15) is 5.76 Å². The smallest absolute Gasteiger partial charge is 0.317 e. The molecule has 2 amide bonds. The Hall–Kier alpha value is -2.24. The minimum absolute atomic E-state index is 0.0656. The van der Waals surface area contributed by atoms with Crippen LogP contribution in [0.5, 0.6) is 0 Å². The fourth-order valence-corrected chi connectivity index (χ4v) is 2.51. The summed E-state index contributed by atoms with van der Waals surface area (Å²) in [5, 5.41) is 7.46. The highest BCUT2D eigenvalue weighted by Gasteiger charge is 2.15. The van der Waals surface area contributed by atoms with Crippen LogP contribution in [0.2, 0.25) is 0 Å². The van der Waals surface area contributed by atoms with Crippen molar-refractivity contribution in [3.63, 3.8) is 0 Å². The van der Waals surface area contributed by atoms with Gasteiger partial charge in [0.2, 0.25) is 0 Å². The van der Waals surface area contributed by atoms with Gasteiger partial charge in [-0.2, -0.15) is 5.10 Å². The molecule has 6 heteroatoms. The number of rotatable bonds is 7. The van der Waals surface area contributed by atoms with E-state index in [1.165, 1.54) is 0 Å². The normalized spacial score (nSPS) is 12.2. The topological polar surface area (TPSA) is 63.3 Å². The number of aromatic nitrogens is 2. The molecule has 126 valence electrons. The van der Waals surface area contributed by atoms with Gasteiger partial charge in [-0.3, -0.25) is 4.68 Å².